The Morgan fingerprint density at radius 1 is 0.750 bits per heavy atom. The van der Waals surface area contributed by atoms with Gasteiger partial charge in [0.25, 0.3) is 0 Å². The predicted molar refractivity (Wildman–Crippen MR) is 136 cm³/mol. The molecule has 1 N–H and O–H groups in total. The van der Waals surface area contributed by atoms with E-state index in [9.17, 15) is 0 Å². The van der Waals surface area contributed by atoms with Gasteiger partial charge in [0.1, 0.15) is 0 Å². The molecule has 166 valence electrons. The number of hydrogen-bond donors (Lipinski definition) is 1. The van der Waals surface area contributed by atoms with Gasteiger partial charge in [-0.25, -0.2) is 0 Å². The van der Waals surface area contributed by atoms with E-state index in [1.165, 1.54) is 23.1 Å². The maximum atomic E-state index is 6.22. The average molecular weight is 427 g/mol. The zero-order valence-electron chi connectivity index (χ0n) is 20.2. The number of benzene rings is 3. The van der Waals surface area contributed by atoms with Crippen molar-refractivity contribution in [2.45, 2.75) is 65.6 Å². The van der Waals surface area contributed by atoms with Crippen LogP contribution < -0.4 is 10.8 Å². The van der Waals surface area contributed by atoms with Crippen LogP contribution in [0.5, 0.6) is 0 Å². The third-order valence-corrected chi connectivity index (χ3v) is 6.78. The van der Waals surface area contributed by atoms with E-state index in [1.807, 2.05) is 0 Å². The molecule has 1 saturated heterocycles. The molecule has 1 aliphatic heterocycles. The van der Waals surface area contributed by atoms with Crippen molar-refractivity contribution in [1.82, 2.24) is 0 Å². The summed E-state index contributed by atoms with van der Waals surface area (Å²) in [4.78, 5) is 0. The summed E-state index contributed by atoms with van der Waals surface area (Å²) in [5, 5.41) is 3.52. The molecule has 0 unspecified atom stereocenters. The first-order valence-electron chi connectivity index (χ1n) is 11.6. The Bertz CT molecular complexity index is 1060. The van der Waals surface area contributed by atoms with Crippen LogP contribution in [0.15, 0.2) is 66.7 Å². The van der Waals surface area contributed by atoms with Crippen molar-refractivity contribution in [3.05, 3.63) is 77.9 Å². The van der Waals surface area contributed by atoms with Crippen molar-refractivity contribution in [3.8, 4) is 11.1 Å². The molecule has 0 atom stereocenters. The SMILES string of the molecule is CCCc1ccc(-c2ccc(Nc3ccc(B4OC(C)(C)C(C)(C)O4)c(C)c3)cc2)cc1. The first kappa shape index (κ1) is 22.6. The monoisotopic (exact) mass is 427 g/mol. The highest BCUT2D eigenvalue weighted by Gasteiger charge is 2.52. The molecule has 0 saturated carbocycles. The van der Waals surface area contributed by atoms with Crippen molar-refractivity contribution in [2.75, 3.05) is 5.32 Å². The highest BCUT2D eigenvalue weighted by molar-refractivity contribution is 6.62. The Balaban J connectivity index is 1.45. The van der Waals surface area contributed by atoms with E-state index in [2.05, 4.69) is 114 Å². The first-order chi connectivity index (χ1) is 15.2. The van der Waals surface area contributed by atoms with Gasteiger partial charge in [-0.05, 0) is 93.0 Å². The van der Waals surface area contributed by atoms with Gasteiger partial charge in [-0.1, -0.05) is 55.8 Å². The normalized spacial score (nSPS) is 16.9. The van der Waals surface area contributed by atoms with Gasteiger partial charge in [0, 0.05) is 11.4 Å². The van der Waals surface area contributed by atoms with Gasteiger partial charge in [-0.3, -0.25) is 0 Å². The van der Waals surface area contributed by atoms with Crippen LogP contribution >= 0.6 is 0 Å². The highest BCUT2D eigenvalue weighted by Crippen LogP contribution is 2.37. The van der Waals surface area contributed by atoms with Crippen molar-refractivity contribution >= 4 is 24.0 Å². The third kappa shape index (κ3) is 4.62. The minimum Gasteiger partial charge on any atom is -0.399 e. The Hall–Kier alpha value is -2.56. The van der Waals surface area contributed by atoms with Crippen LogP contribution in [0.4, 0.5) is 11.4 Å². The Morgan fingerprint density at radius 2 is 1.28 bits per heavy atom. The molecule has 0 radical (unpaired) electrons. The summed E-state index contributed by atoms with van der Waals surface area (Å²) in [5.41, 5.74) is 7.56. The van der Waals surface area contributed by atoms with E-state index in [1.54, 1.807) is 0 Å². The maximum absolute atomic E-state index is 6.22. The van der Waals surface area contributed by atoms with Crippen LogP contribution in [-0.2, 0) is 15.7 Å². The average Bonchev–Trinajstić information content (AvgIpc) is 2.96. The van der Waals surface area contributed by atoms with E-state index < -0.39 is 0 Å². The van der Waals surface area contributed by atoms with Crippen molar-refractivity contribution in [2.24, 2.45) is 0 Å². The fraction of sp³-hybridized carbons (Fsp3) is 0.357. The fourth-order valence-corrected chi connectivity index (χ4v) is 4.05. The highest BCUT2D eigenvalue weighted by atomic mass is 16.7. The topological polar surface area (TPSA) is 30.5 Å². The Morgan fingerprint density at radius 3 is 1.81 bits per heavy atom. The summed E-state index contributed by atoms with van der Waals surface area (Å²) in [7, 11) is -0.336. The molecule has 0 aromatic heterocycles. The molecule has 3 nitrogen and oxygen atoms in total. The van der Waals surface area contributed by atoms with Crippen LogP contribution in [0.25, 0.3) is 11.1 Å². The summed E-state index contributed by atoms with van der Waals surface area (Å²) in [6, 6.07) is 23.8. The first-order valence-corrected chi connectivity index (χ1v) is 11.6. The van der Waals surface area contributed by atoms with Crippen molar-refractivity contribution in [3.63, 3.8) is 0 Å². The Labute approximate surface area is 193 Å². The number of nitrogens with one attached hydrogen (secondary N) is 1. The molecule has 32 heavy (non-hydrogen) atoms. The van der Waals surface area contributed by atoms with Gasteiger partial charge in [-0.2, -0.15) is 0 Å². The molecule has 0 aliphatic carbocycles. The molecule has 3 aromatic rings. The van der Waals surface area contributed by atoms with E-state index in [-0.39, 0.29) is 18.3 Å². The van der Waals surface area contributed by atoms with E-state index in [0.29, 0.717) is 0 Å². The quantitative estimate of drug-likeness (QED) is 0.447. The molecule has 0 bridgehead atoms. The number of anilines is 2. The second kappa shape index (κ2) is 8.76. The lowest BCUT2D eigenvalue weighted by Crippen LogP contribution is -2.41. The summed E-state index contributed by atoms with van der Waals surface area (Å²) < 4.78 is 12.4. The van der Waals surface area contributed by atoms with Crippen molar-refractivity contribution in [1.29, 1.82) is 0 Å². The molecular weight excluding hydrogens is 393 g/mol. The summed E-state index contributed by atoms with van der Waals surface area (Å²) in [6.07, 6.45) is 2.31. The van der Waals surface area contributed by atoms with Crippen LogP contribution in [0, 0.1) is 6.92 Å². The lowest BCUT2D eigenvalue weighted by molar-refractivity contribution is 0.00578. The van der Waals surface area contributed by atoms with Crippen LogP contribution in [0.3, 0.4) is 0 Å². The largest absolute Gasteiger partial charge is 0.495 e. The van der Waals surface area contributed by atoms with Gasteiger partial charge in [0.05, 0.1) is 11.2 Å². The summed E-state index contributed by atoms with van der Waals surface area (Å²) in [5.74, 6) is 0. The van der Waals surface area contributed by atoms with Gasteiger partial charge in [-0.15, -0.1) is 0 Å². The number of hydrogen-bond acceptors (Lipinski definition) is 3. The van der Waals surface area contributed by atoms with Crippen LogP contribution in [0.1, 0.15) is 52.2 Å². The zero-order chi connectivity index (χ0) is 22.9. The third-order valence-electron chi connectivity index (χ3n) is 6.78. The molecule has 0 amide bonds. The molecule has 1 aliphatic rings. The molecule has 1 fully saturated rings. The van der Waals surface area contributed by atoms with Gasteiger partial charge < -0.3 is 14.6 Å². The predicted octanol–water partition coefficient (Wildman–Crippen LogP) is 6.66. The number of rotatable bonds is 6. The number of aryl methyl sites for hydroxylation is 2. The lowest BCUT2D eigenvalue weighted by atomic mass is 9.76. The maximum Gasteiger partial charge on any atom is 0.495 e. The van der Waals surface area contributed by atoms with E-state index >= 15 is 0 Å². The fourth-order valence-electron chi connectivity index (χ4n) is 4.05. The standard InChI is InChI=1S/C28H34BNO2/c1-7-8-21-9-11-22(12-10-21)23-13-15-24(16-14-23)30-25-17-18-26(20(2)19-25)29-31-27(3,4)28(5,6)32-29/h9-19,30H,7-8H2,1-6H3. The Kier molecular flexibility index (Phi) is 6.20. The van der Waals surface area contributed by atoms with Crippen LogP contribution in [-0.4, -0.2) is 18.3 Å². The minimum atomic E-state index is -0.336. The van der Waals surface area contributed by atoms with Gasteiger partial charge in [0.15, 0.2) is 0 Å². The van der Waals surface area contributed by atoms with E-state index in [0.717, 1.165) is 28.8 Å². The van der Waals surface area contributed by atoms with Crippen molar-refractivity contribution < 1.29 is 9.31 Å². The molecule has 1 heterocycles. The molecule has 0 spiro atoms. The summed E-state index contributed by atoms with van der Waals surface area (Å²) in [6.45, 7) is 12.7. The van der Waals surface area contributed by atoms with Crippen LogP contribution in [0.2, 0.25) is 0 Å². The second-order valence-corrected chi connectivity index (χ2v) is 9.81. The lowest BCUT2D eigenvalue weighted by Gasteiger charge is -2.32. The van der Waals surface area contributed by atoms with Gasteiger partial charge >= 0.3 is 7.12 Å². The smallest absolute Gasteiger partial charge is 0.399 e. The zero-order valence-corrected chi connectivity index (χ0v) is 20.2. The van der Waals surface area contributed by atoms with E-state index in [4.69, 9.17) is 9.31 Å². The second-order valence-electron chi connectivity index (χ2n) is 9.81. The molecule has 4 heteroatoms. The molecule has 4 rings (SSSR count). The molecule has 3 aromatic carbocycles. The summed E-state index contributed by atoms with van der Waals surface area (Å²) >= 11 is 0. The minimum absolute atomic E-state index is 0.334. The van der Waals surface area contributed by atoms with Gasteiger partial charge in [0.2, 0.25) is 0 Å². The molecular formula is C28H34BNO2.